The number of rotatable bonds is 5. The number of methoxy groups -OCH3 is 1. The van der Waals surface area contributed by atoms with Crippen LogP contribution in [0.25, 0.3) is 32.1 Å². The van der Waals surface area contributed by atoms with Crippen LogP contribution < -0.4 is 16.0 Å². The van der Waals surface area contributed by atoms with Gasteiger partial charge < -0.3 is 15.5 Å². The van der Waals surface area contributed by atoms with Crippen molar-refractivity contribution < 1.29 is 13.5 Å². The van der Waals surface area contributed by atoms with Crippen molar-refractivity contribution in [3.63, 3.8) is 0 Å². The maximum absolute atomic E-state index is 13.4. The van der Waals surface area contributed by atoms with E-state index in [-0.39, 0.29) is 15.5 Å². The van der Waals surface area contributed by atoms with Gasteiger partial charge in [-0.15, -0.1) is 11.3 Å². The Bertz CT molecular complexity index is 1300. The highest BCUT2D eigenvalue weighted by Gasteiger charge is 2.22. The Kier molecular flexibility index (Phi) is 5.29. The number of nitrogens with zero attached hydrogens (tertiary/aromatic N) is 1. The minimum atomic E-state index is -2.65. The molecule has 1 aromatic carbocycles. The quantitative estimate of drug-likeness (QED) is 0.461. The van der Waals surface area contributed by atoms with Gasteiger partial charge in [0.15, 0.2) is 0 Å². The number of alkyl halides is 2. The van der Waals surface area contributed by atoms with Crippen LogP contribution in [-0.2, 0) is 0 Å². The Morgan fingerprint density at radius 3 is 2.57 bits per heavy atom. The van der Waals surface area contributed by atoms with Gasteiger partial charge in [-0.3, -0.25) is 4.79 Å². The topological polar surface area (TPSA) is 81.0 Å². The molecule has 0 aliphatic carbocycles. The number of nitrogens with one attached hydrogen (secondary N) is 1. The number of thiophene rings is 1. The lowest BCUT2D eigenvalue weighted by Crippen LogP contribution is -2.09. The van der Waals surface area contributed by atoms with Crippen LogP contribution >= 0.6 is 11.3 Å². The molecule has 3 heterocycles. The molecule has 1 unspecified atom stereocenters. The number of benzene rings is 1. The molecular weight excluding hydrogens is 408 g/mol. The Labute approximate surface area is 175 Å². The summed E-state index contributed by atoms with van der Waals surface area (Å²) in [5, 5.41) is 1.13. The summed E-state index contributed by atoms with van der Waals surface area (Å²) in [6.45, 7) is 4.33. The fourth-order valence-corrected chi connectivity index (χ4v) is 4.59. The summed E-state index contributed by atoms with van der Waals surface area (Å²) >= 11 is 0.811. The Balaban J connectivity index is 2.10. The molecule has 0 saturated heterocycles. The van der Waals surface area contributed by atoms with Crippen molar-refractivity contribution in [2.75, 3.05) is 13.7 Å². The predicted molar refractivity (Wildman–Crippen MR) is 117 cm³/mol. The SMILES string of the molecule is COc1nc(C)c2[nH]c(=O)c3sc(C(F)F)cc3c2c1-c1ccc(C(C)CN)cc1. The standard InChI is InChI=1S/C22H21F2N3O2S/c1-10(9-25)12-4-6-13(7-5-12)16-17-14-8-15(20(23)24)30-19(14)21(28)27-18(17)11(2)26-22(16)29-3/h4-8,10,20H,9,25H2,1-3H3,(H,27,28). The number of aromatic nitrogens is 2. The van der Waals surface area contributed by atoms with Gasteiger partial charge >= 0.3 is 0 Å². The highest BCUT2D eigenvalue weighted by Crippen LogP contribution is 2.42. The summed E-state index contributed by atoms with van der Waals surface area (Å²) < 4.78 is 32.6. The number of H-pyrrole nitrogens is 1. The van der Waals surface area contributed by atoms with Crippen LogP contribution in [0.4, 0.5) is 8.78 Å². The summed E-state index contributed by atoms with van der Waals surface area (Å²) in [4.78, 5) is 19.8. The minimum Gasteiger partial charge on any atom is -0.481 e. The number of pyridine rings is 2. The normalized spacial score (nSPS) is 12.8. The van der Waals surface area contributed by atoms with Crippen LogP contribution in [0.3, 0.4) is 0 Å². The molecule has 30 heavy (non-hydrogen) atoms. The smallest absolute Gasteiger partial charge is 0.272 e. The molecule has 4 rings (SSSR count). The van der Waals surface area contributed by atoms with Crippen molar-refractivity contribution in [3.8, 4) is 17.0 Å². The average Bonchev–Trinajstić information content (AvgIpc) is 3.20. The predicted octanol–water partition coefficient (Wildman–Crippen LogP) is 5.12. The summed E-state index contributed by atoms with van der Waals surface area (Å²) in [5.41, 5.74) is 9.01. The van der Waals surface area contributed by atoms with E-state index in [4.69, 9.17) is 10.5 Å². The van der Waals surface area contributed by atoms with Crippen molar-refractivity contribution in [2.24, 2.45) is 5.73 Å². The first-order valence-corrected chi connectivity index (χ1v) is 10.3. The van der Waals surface area contributed by atoms with Crippen molar-refractivity contribution in [1.82, 2.24) is 9.97 Å². The number of hydrogen-bond donors (Lipinski definition) is 2. The number of halogens is 2. The monoisotopic (exact) mass is 429 g/mol. The Morgan fingerprint density at radius 2 is 1.97 bits per heavy atom. The fraction of sp³-hybridized carbons (Fsp3) is 0.273. The molecule has 0 aliphatic heterocycles. The Morgan fingerprint density at radius 1 is 1.27 bits per heavy atom. The molecule has 3 aromatic heterocycles. The zero-order valence-electron chi connectivity index (χ0n) is 16.8. The van der Waals surface area contributed by atoms with Crippen molar-refractivity contribution in [1.29, 1.82) is 0 Å². The molecule has 8 heteroatoms. The van der Waals surface area contributed by atoms with E-state index in [1.54, 1.807) is 6.92 Å². The van der Waals surface area contributed by atoms with Gasteiger partial charge in [0, 0.05) is 10.8 Å². The zero-order valence-corrected chi connectivity index (χ0v) is 17.6. The first-order valence-electron chi connectivity index (χ1n) is 9.48. The number of fused-ring (bicyclic) bond motifs is 3. The highest BCUT2D eigenvalue weighted by atomic mass is 32.1. The van der Waals surface area contributed by atoms with E-state index >= 15 is 0 Å². The second-order valence-electron chi connectivity index (χ2n) is 7.24. The van der Waals surface area contributed by atoms with E-state index in [0.717, 1.165) is 22.5 Å². The first-order chi connectivity index (χ1) is 14.3. The number of aromatic amines is 1. The summed E-state index contributed by atoms with van der Waals surface area (Å²) in [6, 6.07) is 9.24. The lowest BCUT2D eigenvalue weighted by Gasteiger charge is -2.15. The molecule has 0 aliphatic rings. The van der Waals surface area contributed by atoms with Crippen LogP contribution in [0.15, 0.2) is 35.1 Å². The van der Waals surface area contributed by atoms with Gasteiger partial charge in [-0.05, 0) is 36.6 Å². The van der Waals surface area contributed by atoms with Gasteiger partial charge in [0.2, 0.25) is 5.88 Å². The van der Waals surface area contributed by atoms with Crippen molar-refractivity contribution >= 4 is 32.3 Å². The highest BCUT2D eigenvalue weighted by molar-refractivity contribution is 7.19. The van der Waals surface area contributed by atoms with Gasteiger partial charge in [-0.25, -0.2) is 13.8 Å². The molecule has 0 saturated carbocycles. The van der Waals surface area contributed by atoms with E-state index in [0.29, 0.717) is 40.0 Å². The summed E-state index contributed by atoms with van der Waals surface area (Å²) in [6.07, 6.45) is -2.65. The number of nitrogens with two attached hydrogens (primary N) is 1. The average molecular weight is 429 g/mol. The largest absolute Gasteiger partial charge is 0.481 e. The third-order valence-electron chi connectivity index (χ3n) is 5.34. The van der Waals surface area contributed by atoms with Crippen LogP contribution in [0, 0.1) is 6.92 Å². The second kappa shape index (κ2) is 7.77. The zero-order chi connectivity index (χ0) is 21.6. The van der Waals surface area contributed by atoms with Gasteiger partial charge in [0.05, 0.1) is 28.8 Å². The fourth-order valence-electron chi connectivity index (χ4n) is 3.67. The molecule has 1 atom stereocenters. The summed E-state index contributed by atoms with van der Waals surface area (Å²) in [7, 11) is 1.52. The third kappa shape index (κ3) is 3.26. The number of hydrogen-bond acceptors (Lipinski definition) is 5. The third-order valence-corrected chi connectivity index (χ3v) is 6.48. The lowest BCUT2D eigenvalue weighted by atomic mass is 9.95. The van der Waals surface area contributed by atoms with E-state index in [1.165, 1.54) is 13.2 Å². The molecule has 0 radical (unpaired) electrons. The molecule has 0 amide bonds. The van der Waals surface area contributed by atoms with Crippen LogP contribution in [0.5, 0.6) is 5.88 Å². The first kappa shape index (κ1) is 20.4. The van der Waals surface area contributed by atoms with E-state index in [9.17, 15) is 13.6 Å². The molecule has 156 valence electrons. The molecule has 0 bridgehead atoms. The second-order valence-corrected chi connectivity index (χ2v) is 8.32. The number of aryl methyl sites for hydroxylation is 1. The molecule has 5 nitrogen and oxygen atoms in total. The van der Waals surface area contributed by atoms with Crippen LogP contribution in [0.2, 0.25) is 0 Å². The van der Waals surface area contributed by atoms with Crippen molar-refractivity contribution in [3.05, 3.63) is 56.8 Å². The van der Waals surface area contributed by atoms with Crippen molar-refractivity contribution in [2.45, 2.75) is 26.2 Å². The molecule has 3 N–H and O–H groups in total. The van der Waals surface area contributed by atoms with Gasteiger partial charge in [-0.2, -0.15) is 0 Å². The molecule has 4 aromatic rings. The minimum absolute atomic E-state index is 0.144. The van der Waals surface area contributed by atoms with E-state index < -0.39 is 12.0 Å². The van der Waals surface area contributed by atoms with Crippen LogP contribution in [0.1, 0.15) is 35.4 Å². The van der Waals surface area contributed by atoms with E-state index in [1.807, 2.05) is 31.2 Å². The lowest BCUT2D eigenvalue weighted by molar-refractivity contribution is 0.156. The van der Waals surface area contributed by atoms with E-state index in [2.05, 4.69) is 9.97 Å². The summed E-state index contributed by atoms with van der Waals surface area (Å²) in [5.74, 6) is 0.583. The maximum atomic E-state index is 13.4. The maximum Gasteiger partial charge on any atom is 0.272 e. The van der Waals surface area contributed by atoms with Gasteiger partial charge in [0.25, 0.3) is 12.0 Å². The molecular formula is C22H21F2N3O2S. The number of ether oxygens (including phenoxy) is 1. The van der Waals surface area contributed by atoms with Gasteiger partial charge in [-0.1, -0.05) is 31.2 Å². The van der Waals surface area contributed by atoms with Crippen LogP contribution in [-0.4, -0.2) is 23.6 Å². The molecule has 0 spiro atoms. The Hall–Kier alpha value is -2.84. The molecule has 0 fully saturated rings. The van der Waals surface area contributed by atoms with Gasteiger partial charge in [0.1, 0.15) is 4.70 Å².